The van der Waals surface area contributed by atoms with Gasteiger partial charge in [-0.05, 0) is 48.0 Å². The summed E-state index contributed by atoms with van der Waals surface area (Å²) in [6.07, 6.45) is 3.84. The monoisotopic (exact) mass is 402 g/mol. The third-order valence-corrected chi connectivity index (χ3v) is 4.64. The van der Waals surface area contributed by atoms with Gasteiger partial charge in [0.05, 0.1) is 16.6 Å². The van der Waals surface area contributed by atoms with E-state index in [1.54, 1.807) is 4.57 Å². The summed E-state index contributed by atoms with van der Waals surface area (Å²) in [5, 5.41) is 0.608. The molecule has 0 saturated heterocycles. The van der Waals surface area contributed by atoms with Crippen LogP contribution in [0.2, 0.25) is 0 Å². The molecule has 0 fully saturated rings. The van der Waals surface area contributed by atoms with Gasteiger partial charge in [-0.25, -0.2) is 4.98 Å². The summed E-state index contributed by atoms with van der Waals surface area (Å²) in [6, 6.07) is 25.0. The first-order chi connectivity index (χ1) is 12.7. The highest BCUT2D eigenvalue weighted by Gasteiger charge is 2.10. The fourth-order valence-electron chi connectivity index (χ4n) is 2.83. The molecule has 0 atom stereocenters. The molecule has 4 aromatic rings. The molecule has 4 heteroatoms. The van der Waals surface area contributed by atoms with Crippen molar-refractivity contribution in [1.82, 2.24) is 9.55 Å². The van der Waals surface area contributed by atoms with Crippen LogP contribution in [0.3, 0.4) is 0 Å². The Bertz CT molecular complexity index is 1150. The Morgan fingerprint density at radius 1 is 0.808 bits per heavy atom. The second-order valence-corrected chi connectivity index (χ2v) is 6.76. The van der Waals surface area contributed by atoms with Crippen molar-refractivity contribution < 1.29 is 0 Å². The third kappa shape index (κ3) is 3.24. The summed E-state index contributed by atoms with van der Waals surface area (Å²) in [6.45, 7) is 0. The molecule has 0 radical (unpaired) electrons. The second-order valence-electron chi connectivity index (χ2n) is 5.85. The number of aromatic nitrogens is 2. The number of halogens is 1. The molecular formula is C22H15BrN2O. The van der Waals surface area contributed by atoms with E-state index in [2.05, 4.69) is 15.9 Å². The van der Waals surface area contributed by atoms with E-state index in [-0.39, 0.29) is 5.56 Å². The van der Waals surface area contributed by atoms with E-state index in [0.717, 1.165) is 15.7 Å². The molecule has 3 nitrogen and oxygen atoms in total. The van der Waals surface area contributed by atoms with Crippen molar-refractivity contribution in [2.24, 2.45) is 0 Å². The second kappa shape index (κ2) is 7.10. The molecule has 0 spiro atoms. The molecule has 126 valence electrons. The first-order valence-corrected chi connectivity index (χ1v) is 9.02. The largest absolute Gasteiger partial charge is 0.268 e. The van der Waals surface area contributed by atoms with Crippen molar-refractivity contribution in [3.8, 4) is 5.69 Å². The number of rotatable bonds is 3. The van der Waals surface area contributed by atoms with Gasteiger partial charge in [0.1, 0.15) is 5.82 Å². The molecule has 0 aliphatic heterocycles. The molecule has 0 N–H and O–H groups in total. The van der Waals surface area contributed by atoms with Crippen LogP contribution >= 0.6 is 15.9 Å². The number of para-hydroxylation sites is 2. The van der Waals surface area contributed by atoms with Crippen LogP contribution in [0.1, 0.15) is 11.4 Å². The lowest BCUT2D eigenvalue weighted by molar-refractivity contribution is 0.944. The van der Waals surface area contributed by atoms with Crippen molar-refractivity contribution in [1.29, 1.82) is 0 Å². The van der Waals surface area contributed by atoms with Gasteiger partial charge < -0.3 is 0 Å². The third-order valence-electron chi connectivity index (χ3n) is 4.11. The molecular weight excluding hydrogens is 388 g/mol. The minimum absolute atomic E-state index is 0.0720. The zero-order valence-electron chi connectivity index (χ0n) is 13.8. The van der Waals surface area contributed by atoms with E-state index in [9.17, 15) is 4.79 Å². The van der Waals surface area contributed by atoms with Crippen LogP contribution in [-0.4, -0.2) is 9.55 Å². The molecule has 0 aliphatic rings. The number of fused-ring (bicyclic) bond motifs is 1. The van der Waals surface area contributed by atoms with Crippen molar-refractivity contribution >= 4 is 39.0 Å². The van der Waals surface area contributed by atoms with Gasteiger partial charge in [0.15, 0.2) is 0 Å². The SMILES string of the molecule is O=c1c2ccccc2nc(/C=C/c2ccc(Br)cc2)n1-c1ccccc1. The molecule has 0 aliphatic carbocycles. The highest BCUT2D eigenvalue weighted by atomic mass is 79.9. The smallest absolute Gasteiger partial charge is 0.266 e. The Morgan fingerprint density at radius 3 is 2.27 bits per heavy atom. The van der Waals surface area contributed by atoms with Gasteiger partial charge in [0.25, 0.3) is 5.56 Å². The number of nitrogens with zero attached hydrogens (tertiary/aromatic N) is 2. The zero-order chi connectivity index (χ0) is 17.9. The van der Waals surface area contributed by atoms with E-state index in [1.165, 1.54) is 0 Å². The first kappa shape index (κ1) is 16.5. The Labute approximate surface area is 159 Å². The van der Waals surface area contributed by atoms with Crippen LogP contribution in [0, 0.1) is 0 Å². The Morgan fingerprint density at radius 2 is 1.50 bits per heavy atom. The zero-order valence-corrected chi connectivity index (χ0v) is 15.4. The topological polar surface area (TPSA) is 34.9 Å². The van der Waals surface area contributed by atoms with Gasteiger partial charge in [0.2, 0.25) is 0 Å². The highest BCUT2D eigenvalue weighted by molar-refractivity contribution is 9.10. The van der Waals surface area contributed by atoms with Crippen molar-refractivity contribution in [2.45, 2.75) is 0 Å². The minimum atomic E-state index is -0.0720. The number of hydrogen-bond donors (Lipinski definition) is 0. The fraction of sp³-hybridized carbons (Fsp3) is 0. The van der Waals surface area contributed by atoms with Crippen LogP contribution in [-0.2, 0) is 0 Å². The molecule has 0 unspecified atom stereocenters. The van der Waals surface area contributed by atoms with E-state index in [4.69, 9.17) is 4.98 Å². The van der Waals surface area contributed by atoms with Crippen LogP contribution < -0.4 is 5.56 Å². The maximum Gasteiger partial charge on any atom is 0.266 e. The molecule has 0 saturated carbocycles. The normalized spacial score (nSPS) is 11.3. The average Bonchev–Trinajstić information content (AvgIpc) is 2.68. The maximum atomic E-state index is 13.1. The van der Waals surface area contributed by atoms with Crippen molar-refractivity contribution in [3.63, 3.8) is 0 Å². The molecule has 1 aromatic heterocycles. The summed E-state index contributed by atoms with van der Waals surface area (Å²) < 4.78 is 2.68. The van der Waals surface area contributed by atoms with Gasteiger partial charge in [0, 0.05) is 4.47 Å². The number of benzene rings is 3. The lowest BCUT2D eigenvalue weighted by Gasteiger charge is -2.11. The lowest BCUT2D eigenvalue weighted by Crippen LogP contribution is -2.22. The standard InChI is InChI=1S/C22H15BrN2O/c23-17-13-10-16(11-14-17)12-15-21-24-20-9-5-4-8-19(20)22(26)25(21)18-6-2-1-3-7-18/h1-15H/b15-12+. The summed E-state index contributed by atoms with van der Waals surface area (Å²) in [5.74, 6) is 0.600. The predicted octanol–water partition coefficient (Wildman–Crippen LogP) is 5.32. The van der Waals surface area contributed by atoms with Gasteiger partial charge in [-0.1, -0.05) is 64.5 Å². The van der Waals surface area contributed by atoms with Crippen LogP contribution in [0.25, 0.3) is 28.7 Å². The average molecular weight is 403 g/mol. The summed E-state index contributed by atoms with van der Waals surface area (Å²) in [4.78, 5) is 17.8. The van der Waals surface area contributed by atoms with E-state index >= 15 is 0 Å². The van der Waals surface area contributed by atoms with Gasteiger partial charge >= 0.3 is 0 Å². The summed E-state index contributed by atoms with van der Waals surface area (Å²) >= 11 is 3.44. The summed E-state index contributed by atoms with van der Waals surface area (Å²) in [7, 11) is 0. The van der Waals surface area contributed by atoms with Gasteiger partial charge in [-0.15, -0.1) is 0 Å². The van der Waals surface area contributed by atoms with Crippen molar-refractivity contribution in [3.05, 3.63) is 105 Å². The Balaban J connectivity index is 1.92. The van der Waals surface area contributed by atoms with Crippen LogP contribution in [0.15, 0.2) is 88.1 Å². The van der Waals surface area contributed by atoms with Crippen LogP contribution in [0.5, 0.6) is 0 Å². The summed E-state index contributed by atoms with van der Waals surface area (Å²) in [5.41, 5.74) is 2.46. The van der Waals surface area contributed by atoms with E-state index < -0.39 is 0 Å². The molecule has 4 rings (SSSR count). The minimum Gasteiger partial charge on any atom is -0.268 e. The van der Waals surface area contributed by atoms with Gasteiger partial charge in [-0.2, -0.15) is 0 Å². The fourth-order valence-corrected chi connectivity index (χ4v) is 3.10. The molecule has 0 amide bonds. The lowest BCUT2D eigenvalue weighted by atomic mass is 10.2. The Hall–Kier alpha value is -2.98. The van der Waals surface area contributed by atoms with Crippen molar-refractivity contribution in [2.75, 3.05) is 0 Å². The molecule has 3 aromatic carbocycles. The number of hydrogen-bond acceptors (Lipinski definition) is 2. The van der Waals surface area contributed by atoms with Gasteiger partial charge in [-0.3, -0.25) is 9.36 Å². The predicted molar refractivity (Wildman–Crippen MR) is 110 cm³/mol. The van der Waals surface area contributed by atoms with E-state index in [0.29, 0.717) is 16.7 Å². The highest BCUT2D eigenvalue weighted by Crippen LogP contribution is 2.16. The first-order valence-electron chi connectivity index (χ1n) is 8.23. The molecule has 26 heavy (non-hydrogen) atoms. The van der Waals surface area contributed by atoms with E-state index in [1.807, 2.05) is 91.0 Å². The molecule has 1 heterocycles. The van der Waals surface area contributed by atoms with Crippen LogP contribution in [0.4, 0.5) is 0 Å². The molecule has 0 bridgehead atoms. The quantitative estimate of drug-likeness (QED) is 0.464. The maximum absolute atomic E-state index is 13.1. The Kier molecular flexibility index (Phi) is 4.50.